The van der Waals surface area contributed by atoms with Crippen LogP contribution in [0.2, 0.25) is 0 Å². The van der Waals surface area contributed by atoms with E-state index >= 15 is 0 Å². The molecule has 2 amide bonds. The van der Waals surface area contributed by atoms with Gasteiger partial charge in [0.1, 0.15) is 0 Å². The second-order valence-electron chi connectivity index (χ2n) is 7.13. The molecule has 1 saturated carbocycles. The Hall–Kier alpha value is -2.34. The molecule has 0 aliphatic heterocycles. The first-order valence-electron chi connectivity index (χ1n) is 9.42. The third-order valence-corrected chi connectivity index (χ3v) is 4.90. The molecule has 1 atom stereocenters. The number of urea groups is 1. The van der Waals surface area contributed by atoms with Gasteiger partial charge in [-0.05, 0) is 38.8 Å². The van der Waals surface area contributed by atoms with Crippen LogP contribution in [0.3, 0.4) is 0 Å². The van der Waals surface area contributed by atoms with Crippen LogP contribution in [0.1, 0.15) is 44.7 Å². The lowest BCUT2D eigenvalue weighted by atomic mass is 9.94. The first kappa shape index (κ1) is 18.5. The number of nitrogens with zero attached hydrogens (tertiary/aromatic N) is 3. The molecule has 1 aromatic heterocycles. The lowest BCUT2D eigenvalue weighted by molar-refractivity contribution is 0.105. The number of aromatic nitrogens is 2. The summed E-state index contributed by atoms with van der Waals surface area (Å²) in [7, 11) is 0. The molecule has 26 heavy (non-hydrogen) atoms. The van der Waals surface area contributed by atoms with Gasteiger partial charge in [0.2, 0.25) is 0 Å². The molecule has 140 valence electrons. The number of benzene rings is 1. The van der Waals surface area contributed by atoms with E-state index in [0.29, 0.717) is 12.2 Å². The minimum Gasteiger partial charge on any atom is -0.392 e. The van der Waals surface area contributed by atoms with Crippen LogP contribution in [-0.2, 0) is 0 Å². The molecule has 1 heterocycles. The summed E-state index contributed by atoms with van der Waals surface area (Å²) in [6.45, 7) is 3.96. The molecule has 2 aromatic rings. The highest BCUT2D eigenvalue weighted by Crippen LogP contribution is 2.24. The number of anilines is 1. The highest BCUT2D eigenvalue weighted by Gasteiger charge is 2.27. The predicted octanol–water partition coefficient (Wildman–Crippen LogP) is 3.73. The Morgan fingerprint density at radius 1 is 1.31 bits per heavy atom. The maximum absolute atomic E-state index is 12.9. The van der Waals surface area contributed by atoms with Gasteiger partial charge in [0.25, 0.3) is 0 Å². The average Bonchev–Trinajstić information content (AvgIpc) is 3.01. The number of aryl methyl sites for hydroxylation is 1. The molecule has 6 heteroatoms. The fraction of sp³-hybridized carbons (Fsp3) is 0.500. The van der Waals surface area contributed by atoms with Crippen LogP contribution in [0, 0.1) is 6.92 Å². The van der Waals surface area contributed by atoms with Gasteiger partial charge >= 0.3 is 6.03 Å². The van der Waals surface area contributed by atoms with Crippen LogP contribution in [-0.4, -0.2) is 44.5 Å². The molecule has 1 aliphatic rings. The molecule has 0 bridgehead atoms. The zero-order chi connectivity index (χ0) is 18.5. The van der Waals surface area contributed by atoms with Crippen LogP contribution in [0.5, 0.6) is 0 Å². The predicted molar refractivity (Wildman–Crippen MR) is 103 cm³/mol. The molecule has 2 N–H and O–H groups in total. The van der Waals surface area contributed by atoms with Gasteiger partial charge in [-0.3, -0.25) is 0 Å². The number of rotatable bonds is 5. The summed E-state index contributed by atoms with van der Waals surface area (Å²) in [6.07, 6.45) is 6.80. The van der Waals surface area contributed by atoms with Gasteiger partial charge in [-0.25, -0.2) is 9.48 Å². The molecule has 0 spiro atoms. The summed E-state index contributed by atoms with van der Waals surface area (Å²) in [5.41, 5.74) is 2.41. The number of amides is 2. The molecule has 0 saturated heterocycles. The van der Waals surface area contributed by atoms with Gasteiger partial charge in [-0.2, -0.15) is 5.10 Å². The van der Waals surface area contributed by atoms with Crippen LogP contribution in [0.25, 0.3) is 5.69 Å². The molecular formula is C20H28N4O2. The van der Waals surface area contributed by atoms with Crippen LogP contribution in [0.4, 0.5) is 10.5 Å². The van der Waals surface area contributed by atoms with Crippen molar-refractivity contribution in [2.24, 2.45) is 0 Å². The second-order valence-corrected chi connectivity index (χ2v) is 7.13. The van der Waals surface area contributed by atoms with E-state index in [2.05, 4.69) is 10.4 Å². The average molecular weight is 356 g/mol. The van der Waals surface area contributed by atoms with Crippen LogP contribution >= 0.6 is 0 Å². The maximum Gasteiger partial charge on any atom is 0.322 e. The molecule has 1 unspecified atom stereocenters. The van der Waals surface area contributed by atoms with E-state index in [-0.39, 0.29) is 12.1 Å². The molecular weight excluding hydrogens is 328 g/mol. The van der Waals surface area contributed by atoms with Crippen molar-refractivity contribution in [1.82, 2.24) is 14.7 Å². The lowest BCUT2D eigenvalue weighted by Gasteiger charge is -2.35. The molecule has 0 radical (unpaired) electrons. The number of carbonyl (C=O) groups is 1. The fourth-order valence-corrected chi connectivity index (χ4v) is 3.56. The third kappa shape index (κ3) is 4.43. The van der Waals surface area contributed by atoms with E-state index in [1.54, 1.807) is 16.5 Å². The van der Waals surface area contributed by atoms with Crippen molar-refractivity contribution >= 4 is 11.7 Å². The number of hydrogen-bond donors (Lipinski definition) is 2. The summed E-state index contributed by atoms with van der Waals surface area (Å²) in [5, 5.41) is 17.3. The zero-order valence-electron chi connectivity index (χ0n) is 15.6. The van der Waals surface area contributed by atoms with Crippen LogP contribution < -0.4 is 5.32 Å². The van der Waals surface area contributed by atoms with Crippen molar-refractivity contribution in [2.75, 3.05) is 11.9 Å². The van der Waals surface area contributed by atoms with Crippen molar-refractivity contribution in [3.8, 4) is 5.69 Å². The zero-order valence-corrected chi connectivity index (χ0v) is 15.6. The summed E-state index contributed by atoms with van der Waals surface area (Å²) in [5.74, 6) is 0. The Labute approximate surface area is 154 Å². The van der Waals surface area contributed by atoms with Crippen molar-refractivity contribution in [3.05, 3.63) is 42.2 Å². The van der Waals surface area contributed by atoms with Gasteiger partial charge in [0, 0.05) is 12.6 Å². The maximum atomic E-state index is 12.9. The highest BCUT2D eigenvalue weighted by molar-refractivity contribution is 5.90. The molecule has 1 aromatic carbocycles. The Morgan fingerprint density at radius 3 is 2.65 bits per heavy atom. The lowest BCUT2D eigenvalue weighted by Crippen LogP contribution is -2.47. The highest BCUT2D eigenvalue weighted by atomic mass is 16.3. The van der Waals surface area contributed by atoms with E-state index in [4.69, 9.17) is 0 Å². The summed E-state index contributed by atoms with van der Waals surface area (Å²) in [6, 6.07) is 9.85. The largest absolute Gasteiger partial charge is 0.392 e. The summed E-state index contributed by atoms with van der Waals surface area (Å²) in [4.78, 5) is 14.7. The Bertz CT molecular complexity index is 721. The van der Waals surface area contributed by atoms with E-state index in [0.717, 1.165) is 37.1 Å². The minimum absolute atomic E-state index is 0.159. The first-order valence-corrected chi connectivity index (χ1v) is 9.42. The number of hydrogen-bond acceptors (Lipinski definition) is 3. The Morgan fingerprint density at radius 2 is 2.00 bits per heavy atom. The van der Waals surface area contributed by atoms with E-state index in [1.165, 1.54) is 6.42 Å². The van der Waals surface area contributed by atoms with Crippen molar-refractivity contribution in [2.45, 2.75) is 58.1 Å². The SMILES string of the molecule is Cc1nn(-c2ccccc2)cc1NC(=O)N(CC(C)O)C1CCCCC1. The van der Waals surface area contributed by atoms with Crippen molar-refractivity contribution < 1.29 is 9.90 Å². The van der Waals surface area contributed by atoms with Gasteiger partial charge in [-0.1, -0.05) is 37.5 Å². The van der Waals surface area contributed by atoms with E-state index < -0.39 is 6.10 Å². The van der Waals surface area contributed by atoms with E-state index in [9.17, 15) is 9.90 Å². The number of para-hydroxylation sites is 1. The second kappa shape index (κ2) is 8.36. The number of carbonyl (C=O) groups excluding carboxylic acids is 1. The third-order valence-electron chi connectivity index (χ3n) is 4.90. The summed E-state index contributed by atoms with van der Waals surface area (Å²) >= 11 is 0. The Balaban J connectivity index is 1.75. The number of aliphatic hydroxyl groups excluding tert-OH is 1. The standard InChI is InChI=1S/C20H28N4O2/c1-15(25)13-23(17-9-5-3-6-10-17)20(26)21-19-14-24(22-16(19)2)18-11-7-4-8-12-18/h4,7-8,11-12,14-15,17,25H,3,5-6,9-10,13H2,1-2H3,(H,21,26). The topological polar surface area (TPSA) is 70.4 Å². The minimum atomic E-state index is -0.546. The van der Waals surface area contributed by atoms with Crippen LogP contribution in [0.15, 0.2) is 36.5 Å². The van der Waals surface area contributed by atoms with Crippen molar-refractivity contribution in [1.29, 1.82) is 0 Å². The van der Waals surface area contributed by atoms with E-state index in [1.807, 2.05) is 43.5 Å². The normalized spacial score (nSPS) is 16.3. The van der Waals surface area contributed by atoms with Gasteiger partial charge in [-0.15, -0.1) is 0 Å². The first-order chi connectivity index (χ1) is 12.5. The number of aliphatic hydroxyl groups is 1. The monoisotopic (exact) mass is 356 g/mol. The molecule has 3 rings (SSSR count). The quantitative estimate of drug-likeness (QED) is 0.857. The molecule has 1 fully saturated rings. The molecule has 6 nitrogen and oxygen atoms in total. The van der Waals surface area contributed by atoms with Crippen molar-refractivity contribution in [3.63, 3.8) is 0 Å². The van der Waals surface area contributed by atoms with Gasteiger partial charge < -0.3 is 15.3 Å². The van der Waals surface area contributed by atoms with Gasteiger partial charge in [0.15, 0.2) is 0 Å². The fourth-order valence-electron chi connectivity index (χ4n) is 3.56. The number of nitrogens with one attached hydrogen (secondary N) is 1. The Kier molecular flexibility index (Phi) is 5.93. The molecule has 1 aliphatic carbocycles. The summed E-state index contributed by atoms with van der Waals surface area (Å²) < 4.78 is 1.77. The smallest absolute Gasteiger partial charge is 0.322 e. The van der Waals surface area contributed by atoms with Gasteiger partial charge in [0.05, 0.1) is 29.4 Å².